The van der Waals surface area contributed by atoms with E-state index in [1.165, 1.54) is 140 Å². The summed E-state index contributed by atoms with van der Waals surface area (Å²) in [5.41, 5.74) is 2.97. The summed E-state index contributed by atoms with van der Waals surface area (Å²) in [6, 6.07) is 4.14. The smallest absolute Gasteiger partial charge is 0.361 e. The van der Waals surface area contributed by atoms with Crippen molar-refractivity contribution in [2.75, 3.05) is 6.61 Å². The van der Waals surface area contributed by atoms with Gasteiger partial charge in [-0.15, -0.1) is 0 Å². The highest BCUT2D eigenvalue weighted by Gasteiger charge is 2.17. The Morgan fingerprint density at radius 2 is 0.854 bits per heavy atom. The van der Waals surface area contributed by atoms with Gasteiger partial charge in [0.2, 0.25) is 0 Å². The van der Waals surface area contributed by atoms with Crippen LogP contribution in [0.1, 0.15) is 185 Å². The Kier molecular flexibility index (Phi) is 23.5. The molecule has 0 N–H and O–H groups in total. The summed E-state index contributed by atoms with van der Waals surface area (Å²) in [7, 11) is -4.05. The number of unbranched alkanes of at least 4 members (excludes halogenated alkanes) is 22. The summed E-state index contributed by atoms with van der Waals surface area (Å²) >= 11 is 0. The fourth-order valence-corrected chi connectivity index (χ4v) is 6.55. The molecular weight excluding hydrogens is 528 g/mol. The molecule has 4 nitrogen and oxygen atoms in total. The molecule has 0 heterocycles. The van der Waals surface area contributed by atoms with Gasteiger partial charge in [0.1, 0.15) is 0 Å². The van der Waals surface area contributed by atoms with Gasteiger partial charge in [-0.05, 0) is 49.8 Å². The molecule has 0 atom stereocenters. The fraction of sp³-hybridized carbons (Fsp3) is 0.833. The number of benzene rings is 1. The van der Waals surface area contributed by atoms with Crippen LogP contribution in [0.25, 0.3) is 0 Å². The molecule has 0 unspecified atom stereocenters. The van der Waals surface area contributed by atoms with E-state index in [0.29, 0.717) is 5.75 Å². The lowest BCUT2D eigenvalue weighted by Gasteiger charge is -2.14. The summed E-state index contributed by atoms with van der Waals surface area (Å²) in [5.74, 6) is 0.415. The number of aryl methyl sites for hydroxylation is 3. The van der Waals surface area contributed by atoms with E-state index in [1.54, 1.807) is 0 Å². The molecule has 0 saturated heterocycles. The molecule has 240 valence electrons. The van der Waals surface area contributed by atoms with Gasteiger partial charge < -0.3 is 4.18 Å². The van der Waals surface area contributed by atoms with Gasteiger partial charge in [0, 0.05) is 0 Å². The van der Waals surface area contributed by atoms with Crippen LogP contribution in [0.3, 0.4) is 0 Å². The minimum atomic E-state index is -4.05. The van der Waals surface area contributed by atoms with E-state index < -0.39 is 10.4 Å². The normalized spacial score (nSPS) is 11.8. The molecule has 0 spiro atoms. The molecule has 0 aliphatic heterocycles. The molecule has 0 saturated carbocycles. The van der Waals surface area contributed by atoms with Crippen LogP contribution in [-0.4, -0.2) is 15.0 Å². The third-order valence-electron chi connectivity index (χ3n) is 8.25. The van der Waals surface area contributed by atoms with Crippen LogP contribution < -0.4 is 4.18 Å². The topological polar surface area (TPSA) is 52.6 Å². The average molecular weight is 595 g/mol. The molecule has 1 aromatic carbocycles. The Morgan fingerprint density at radius 1 is 0.512 bits per heavy atom. The van der Waals surface area contributed by atoms with Crippen molar-refractivity contribution in [2.45, 2.75) is 188 Å². The van der Waals surface area contributed by atoms with E-state index in [1.807, 2.05) is 13.8 Å². The quantitative estimate of drug-likeness (QED) is 0.0866. The van der Waals surface area contributed by atoms with Gasteiger partial charge in [-0.3, -0.25) is 0 Å². The maximum Gasteiger partial charge on any atom is 0.449 e. The van der Waals surface area contributed by atoms with Crippen molar-refractivity contribution in [1.82, 2.24) is 0 Å². The van der Waals surface area contributed by atoms with Crippen molar-refractivity contribution in [1.29, 1.82) is 0 Å². The van der Waals surface area contributed by atoms with Crippen molar-refractivity contribution in [3.8, 4) is 5.75 Å². The molecule has 0 amide bonds. The lowest BCUT2D eigenvalue weighted by atomic mass is 10.00. The molecule has 0 aliphatic rings. The van der Waals surface area contributed by atoms with E-state index in [4.69, 9.17) is 8.37 Å². The van der Waals surface area contributed by atoms with Crippen LogP contribution in [0.2, 0.25) is 0 Å². The maximum atomic E-state index is 12.4. The maximum absolute atomic E-state index is 12.4. The van der Waals surface area contributed by atoms with E-state index in [2.05, 4.69) is 26.0 Å². The Labute approximate surface area is 256 Å². The van der Waals surface area contributed by atoms with Crippen LogP contribution in [0.15, 0.2) is 12.1 Å². The van der Waals surface area contributed by atoms with Gasteiger partial charge in [-0.25, -0.2) is 4.18 Å². The summed E-state index contributed by atoms with van der Waals surface area (Å²) in [6.45, 7) is 8.56. The zero-order valence-electron chi connectivity index (χ0n) is 27.6. The molecule has 1 aromatic rings. The van der Waals surface area contributed by atoms with Gasteiger partial charge in [-0.1, -0.05) is 167 Å². The summed E-state index contributed by atoms with van der Waals surface area (Å²) < 4.78 is 35.4. The largest absolute Gasteiger partial charge is 0.449 e. The van der Waals surface area contributed by atoms with Crippen molar-refractivity contribution in [3.05, 3.63) is 28.8 Å². The molecule has 0 fully saturated rings. The molecule has 0 bridgehead atoms. The minimum Gasteiger partial charge on any atom is -0.361 e. The first-order valence-electron chi connectivity index (χ1n) is 17.6. The predicted molar refractivity (Wildman–Crippen MR) is 177 cm³/mol. The van der Waals surface area contributed by atoms with E-state index in [-0.39, 0.29) is 6.61 Å². The molecule has 0 radical (unpaired) electrons. The van der Waals surface area contributed by atoms with E-state index >= 15 is 0 Å². The van der Waals surface area contributed by atoms with Crippen molar-refractivity contribution in [3.63, 3.8) is 0 Å². The molecule has 1 rings (SSSR count). The second kappa shape index (κ2) is 25.4. The van der Waals surface area contributed by atoms with Crippen LogP contribution in [-0.2, 0) is 21.0 Å². The summed E-state index contributed by atoms with van der Waals surface area (Å²) in [6.07, 6.45) is 32.1. The fourth-order valence-electron chi connectivity index (χ4n) is 5.72. The first kappa shape index (κ1) is 38.0. The van der Waals surface area contributed by atoms with Gasteiger partial charge >= 0.3 is 10.4 Å². The highest BCUT2D eigenvalue weighted by molar-refractivity contribution is 7.82. The van der Waals surface area contributed by atoms with Crippen molar-refractivity contribution >= 4 is 10.4 Å². The van der Waals surface area contributed by atoms with Gasteiger partial charge in [0.05, 0.1) is 6.61 Å². The lowest BCUT2D eigenvalue weighted by Crippen LogP contribution is -2.15. The van der Waals surface area contributed by atoms with Gasteiger partial charge in [-0.2, -0.15) is 8.42 Å². The number of hydrogen-bond donors (Lipinski definition) is 0. The monoisotopic (exact) mass is 594 g/mol. The second-order valence-electron chi connectivity index (χ2n) is 12.4. The minimum absolute atomic E-state index is 0.189. The standard InChI is InChI=1S/C36H66O4S/c1-5-7-9-11-13-15-17-18-19-20-21-23-25-27-29-35-31-33(3)36(34(4)32-35)40-41(37,38)39-30-28-26-24-22-16-14-12-10-8-6-2/h31-32H,5-30H2,1-4H3. The number of rotatable bonds is 29. The summed E-state index contributed by atoms with van der Waals surface area (Å²) in [4.78, 5) is 0. The predicted octanol–water partition coefficient (Wildman–Crippen LogP) is 11.9. The van der Waals surface area contributed by atoms with Crippen LogP contribution in [0.4, 0.5) is 0 Å². The molecule has 41 heavy (non-hydrogen) atoms. The third kappa shape index (κ3) is 21.3. The first-order valence-corrected chi connectivity index (χ1v) is 18.9. The Hall–Kier alpha value is -1.07. The molecule has 5 heteroatoms. The average Bonchev–Trinajstić information content (AvgIpc) is 2.94. The zero-order valence-corrected chi connectivity index (χ0v) is 28.4. The van der Waals surface area contributed by atoms with E-state index in [9.17, 15) is 8.42 Å². The van der Waals surface area contributed by atoms with Crippen LogP contribution in [0.5, 0.6) is 5.75 Å². The van der Waals surface area contributed by atoms with Crippen LogP contribution in [0, 0.1) is 13.8 Å². The third-order valence-corrected chi connectivity index (χ3v) is 9.08. The molecule has 0 aliphatic carbocycles. The Bertz CT molecular complexity index is 826. The van der Waals surface area contributed by atoms with Crippen molar-refractivity contribution < 1.29 is 16.8 Å². The second-order valence-corrected chi connectivity index (χ2v) is 13.6. The number of hydrogen-bond acceptors (Lipinski definition) is 4. The van der Waals surface area contributed by atoms with Crippen LogP contribution >= 0.6 is 0 Å². The van der Waals surface area contributed by atoms with E-state index in [0.717, 1.165) is 36.8 Å². The summed E-state index contributed by atoms with van der Waals surface area (Å²) in [5, 5.41) is 0. The van der Waals surface area contributed by atoms with Gasteiger partial charge in [0.25, 0.3) is 0 Å². The highest BCUT2D eigenvalue weighted by atomic mass is 32.3. The van der Waals surface area contributed by atoms with Gasteiger partial charge in [0.15, 0.2) is 5.75 Å². The highest BCUT2D eigenvalue weighted by Crippen LogP contribution is 2.27. The Morgan fingerprint density at radius 3 is 1.24 bits per heavy atom. The Balaban J connectivity index is 2.15. The molecule has 0 aromatic heterocycles. The molecular formula is C36H66O4S. The zero-order chi connectivity index (χ0) is 30.0. The lowest BCUT2D eigenvalue weighted by molar-refractivity contribution is 0.265. The van der Waals surface area contributed by atoms with Crippen molar-refractivity contribution in [2.24, 2.45) is 0 Å². The SMILES string of the molecule is CCCCCCCCCCCCCCCCc1cc(C)c(OS(=O)(=O)OCCCCCCCCCCCC)c(C)c1. The first-order chi connectivity index (χ1) is 19.9.